The maximum Gasteiger partial charge on any atom is 0.454 e. The summed E-state index contributed by atoms with van der Waals surface area (Å²) in [7, 11) is 0. The van der Waals surface area contributed by atoms with Gasteiger partial charge in [0, 0.05) is 18.0 Å². The summed E-state index contributed by atoms with van der Waals surface area (Å²) < 4.78 is 46.2. The molecule has 31 heavy (non-hydrogen) atoms. The third kappa shape index (κ3) is 4.46. The number of ketones is 1. The first-order chi connectivity index (χ1) is 14.9. The van der Waals surface area contributed by atoms with Crippen molar-refractivity contribution >= 4 is 22.4 Å². The number of hydrogen-bond acceptors (Lipinski definition) is 3. The number of anilines is 1. The highest BCUT2D eigenvalue weighted by Gasteiger charge is 2.42. The van der Waals surface area contributed by atoms with Crippen LogP contribution in [-0.4, -0.2) is 29.6 Å². The second-order valence-electron chi connectivity index (χ2n) is 7.90. The Morgan fingerprint density at radius 1 is 1.16 bits per heavy atom. The smallest absolute Gasteiger partial charge is 0.381 e. The number of ether oxygens (including phenoxy) is 1. The molecule has 1 aromatic heterocycles. The van der Waals surface area contributed by atoms with Crippen molar-refractivity contribution in [3.63, 3.8) is 0 Å². The van der Waals surface area contributed by atoms with Gasteiger partial charge in [-0.2, -0.15) is 13.2 Å². The van der Waals surface area contributed by atoms with E-state index in [1.165, 1.54) is 0 Å². The molecule has 0 bridgehead atoms. The number of carbonyl (C=O) groups is 1. The zero-order valence-corrected chi connectivity index (χ0v) is 17.3. The van der Waals surface area contributed by atoms with Crippen molar-refractivity contribution in [1.82, 2.24) is 4.98 Å². The minimum atomic E-state index is -4.98. The van der Waals surface area contributed by atoms with E-state index in [1.54, 1.807) is 36.4 Å². The van der Waals surface area contributed by atoms with Crippen molar-refractivity contribution in [2.75, 3.05) is 11.9 Å². The van der Waals surface area contributed by atoms with Crippen molar-refractivity contribution in [2.24, 2.45) is 0 Å². The zero-order chi connectivity index (χ0) is 22.0. The van der Waals surface area contributed by atoms with E-state index in [2.05, 4.69) is 10.3 Å². The van der Waals surface area contributed by atoms with E-state index in [4.69, 9.17) is 4.74 Å². The lowest BCUT2D eigenvalue weighted by atomic mass is 9.99. The number of hydrogen-bond donors (Lipinski definition) is 2. The van der Waals surface area contributed by atoms with E-state index in [-0.39, 0.29) is 29.3 Å². The van der Waals surface area contributed by atoms with Crippen LogP contribution in [0, 0.1) is 0 Å². The molecule has 2 N–H and O–H groups in total. The van der Waals surface area contributed by atoms with Crippen molar-refractivity contribution in [3.05, 3.63) is 53.6 Å². The highest BCUT2D eigenvalue weighted by Crippen LogP contribution is 2.39. The van der Waals surface area contributed by atoms with Crippen LogP contribution in [0.15, 0.2) is 42.5 Å². The van der Waals surface area contributed by atoms with Crippen LogP contribution >= 0.6 is 0 Å². The van der Waals surface area contributed by atoms with Crippen molar-refractivity contribution in [2.45, 2.75) is 51.4 Å². The van der Waals surface area contributed by atoms with Gasteiger partial charge in [-0.15, -0.1) is 0 Å². The molecule has 4 rings (SSSR count). The first-order valence-corrected chi connectivity index (χ1v) is 10.6. The number of halogens is 3. The lowest BCUT2D eigenvalue weighted by molar-refractivity contribution is -0.0883. The number of Topliss-reactive ketones (excluding diaryl/α,β-unsaturated/α-hetero) is 1. The summed E-state index contributed by atoms with van der Waals surface area (Å²) in [6, 6.07) is 12.4. The van der Waals surface area contributed by atoms with Crippen LogP contribution in [0.25, 0.3) is 22.2 Å². The lowest BCUT2D eigenvalue weighted by Crippen LogP contribution is -2.23. The van der Waals surface area contributed by atoms with Gasteiger partial charge in [0.1, 0.15) is 0 Å². The minimum Gasteiger partial charge on any atom is -0.381 e. The Kier molecular flexibility index (Phi) is 6.05. The van der Waals surface area contributed by atoms with Gasteiger partial charge in [-0.25, -0.2) is 0 Å². The Morgan fingerprint density at radius 2 is 1.87 bits per heavy atom. The van der Waals surface area contributed by atoms with E-state index in [9.17, 15) is 18.0 Å². The maximum atomic E-state index is 13.6. The lowest BCUT2D eigenvalue weighted by Gasteiger charge is -2.16. The first kappa shape index (κ1) is 21.4. The molecule has 1 heterocycles. The number of carbonyl (C=O) groups excluding carboxylic acids is 1. The van der Waals surface area contributed by atoms with Gasteiger partial charge >= 0.3 is 6.18 Å². The SMILES string of the molecule is CCOCc1cc(NC2CCCC2)c2[nH]c(-c3ccccc3)c(C(=O)C(F)(F)F)c2c1. The summed E-state index contributed by atoms with van der Waals surface area (Å²) in [6.45, 7) is 2.61. The molecular weight excluding hydrogens is 405 g/mol. The van der Waals surface area contributed by atoms with Crippen LogP contribution in [0.3, 0.4) is 0 Å². The molecule has 0 saturated heterocycles. The number of aromatic nitrogens is 1. The predicted molar refractivity (Wildman–Crippen MR) is 115 cm³/mol. The van der Waals surface area contributed by atoms with Gasteiger partial charge in [-0.3, -0.25) is 4.79 Å². The van der Waals surface area contributed by atoms with Crippen LogP contribution in [0.2, 0.25) is 0 Å². The molecule has 0 unspecified atom stereocenters. The number of H-pyrrole nitrogens is 1. The third-order valence-corrected chi connectivity index (χ3v) is 5.70. The molecule has 0 amide bonds. The van der Waals surface area contributed by atoms with E-state index in [1.807, 2.05) is 13.0 Å². The van der Waals surface area contributed by atoms with Gasteiger partial charge in [0.05, 0.1) is 29.1 Å². The monoisotopic (exact) mass is 430 g/mol. The fraction of sp³-hybridized carbons (Fsp3) is 0.375. The Labute approximate surface area is 178 Å². The van der Waals surface area contributed by atoms with Gasteiger partial charge in [-0.05, 0) is 43.0 Å². The molecule has 2 aromatic carbocycles. The van der Waals surface area contributed by atoms with Crippen LogP contribution in [0.1, 0.15) is 48.5 Å². The maximum absolute atomic E-state index is 13.6. The Balaban J connectivity index is 1.94. The Hall–Kier alpha value is -2.80. The Bertz CT molecular complexity index is 1070. The molecular formula is C24H25F3N2O2. The van der Waals surface area contributed by atoms with Crippen LogP contribution < -0.4 is 5.32 Å². The first-order valence-electron chi connectivity index (χ1n) is 10.6. The largest absolute Gasteiger partial charge is 0.454 e. The third-order valence-electron chi connectivity index (χ3n) is 5.70. The van der Waals surface area contributed by atoms with Gasteiger partial charge in [0.15, 0.2) is 0 Å². The summed E-state index contributed by atoms with van der Waals surface area (Å²) in [5, 5.41) is 3.75. The molecule has 1 aliphatic rings. The molecule has 0 radical (unpaired) electrons. The Morgan fingerprint density at radius 3 is 2.52 bits per heavy atom. The van der Waals surface area contributed by atoms with Crippen LogP contribution in [0.5, 0.6) is 0 Å². The molecule has 1 aliphatic carbocycles. The summed E-state index contributed by atoms with van der Waals surface area (Å²) in [5.41, 5.74) is 2.31. The van der Waals surface area contributed by atoms with E-state index in [0.29, 0.717) is 23.4 Å². The summed E-state index contributed by atoms with van der Waals surface area (Å²) in [4.78, 5) is 15.7. The fourth-order valence-electron chi connectivity index (χ4n) is 4.26. The summed E-state index contributed by atoms with van der Waals surface area (Å²) >= 11 is 0. The zero-order valence-electron chi connectivity index (χ0n) is 17.3. The molecule has 0 spiro atoms. The molecule has 164 valence electrons. The molecule has 1 saturated carbocycles. The van der Waals surface area contributed by atoms with Crippen LogP contribution in [0.4, 0.5) is 18.9 Å². The second kappa shape index (κ2) is 8.75. The highest BCUT2D eigenvalue weighted by atomic mass is 19.4. The highest BCUT2D eigenvalue weighted by molar-refractivity contribution is 6.17. The molecule has 0 aliphatic heterocycles. The topological polar surface area (TPSA) is 54.1 Å². The van der Waals surface area contributed by atoms with E-state index < -0.39 is 12.0 Å². The quantitative estimate of drug-likeness (QED) is 0.422. The summed E-state index contributed by atoms with van der Waals surface area (Å²) in [5.74, 6) is -1.85. The fourth-order valence-corrected chi connectivity index (χ4v) is 4.26. The molecule has 0 atom stereocenters. The predicted octanol–water partition coefficient (Wildman–Crippen LogP) is 6.47. The summed E-state index contributed by atoms with van der Waals surface area (Å²) in [6.07, 6.45) is -0.711. The number of aromatic amines is 1. The molecule has 3 aromatic rings. The van der Waals surface area contributed by atoms with E-state index in [0.717, 1.165) is 31.2 Å². The number of fused-ring (bicyclic) bond motifs is 1. The molecule has 7 heteroatoms. The van der Waals surface area contributed by atoms with Crippen molar-refractivity contribution < 1.29 is 22.7 Å². The number of benzene rings is 2. The van der Waals surface area contributed by atoms with Crippen molar-refractivity contribution in [3.8, 4) is 11.3 Å². The van der Waals surface area contributed by atoms with Crippen molar-refractivity contribution in [1.29, 1.82) is 0 Å². The van der Waals surface area contributed by atoms with Gasteiger partial charge in [0.2, 0.25) is 0 Å². The number of nitrogens with one attached hydrogen (secondary N) is 2. The number of alkyl halides is 3. The van der Waals surface area contributed by atoms with Gasteiger partial charge < -0.3 is 15.0 Å². The number of rotatable bonds is 7. The average molecular weight is 430 g/mol. The standard InChI is InChI=1S/C24H25F3N2O2/c1-2-31-14-15-12-18-20(23(30)24(25,26)27)21(16-8-4-3-5-9-16)29-22(18)19(13-15)28-17-10-6-7-11-17/h3-5,8-9,12-13,17,28-29H,2,6-7,10-11,14H2,1H3. The van der Waals surface area contributed by atoms with Gasteiger partial charge in [0.25, 0.3) is 5.78 Å². The normalized spacial score (nSPS) is 15.0. The molecule has 4 nitrogen and oxygen atoms in total. The average Bonchev–Trinajstić information content (AvgIpc) is 3.39. The van der Waals surface area contributed by atoms with Crippen LogP contribution in [-0.2, 0) is 11.3 Å². The van der Waals surface area contributed by atoms with E-state index >= 15 is 0 Å². The second-order valence-corrected chi connectivity index (χ2v) is 7.90. The minimum absolute atomic E-state index is 0.181. The molecule has 1 fully saturated rings. The van der Waals surface area contributed by atoms with Gasteiger partial charge in [-0.1, -0.05) is 43.2 Å².